The predicted molar refractivity (Wildman–Crippen MR) is 90.5 cm³/mol. The molecule has 0 spiro atoms. The second kappa shape index (κ2) is 6.76. The molecule has 0 radical (unpaired) electrons. The molecular formula is C15H19N3O2S2. The summed E-state index contributed by atoms with van der Waals surface area (Å²) in [6.07, 6.45) is 1.23. The SMILES string of the molecule is NCCCC(=O)N1CCN(C(=O)c2cc3sccc3s2)CC1. The Balaban J connectivity index is 1.57. The molecule has 3 heterocycles. The maximum atomic E-state index is 12.5. The van der Waals surface area contributed by atoms with Crippen molar-refractivity contribution >= 4 is 43.9 Å². The molecular weight excluding hydrogens is 318 g/mol. The standard InChI is InChI=1S/C15H19N3O2S2/c16-4-1-2-14(19)17-5-7-18(8-6-17)15(20)13-10-12-11(22-13)3-9-21-12/h3,9-10H,1-2,4-8,16H2. The van der Waals surface area contributed by atoms with Crippen LogP contribution < -0.4 is 5.73 Å². The third-order valence-electron chi connectivity index (χ3n) is 3.86. The first-order valence-electron chi connectivity index (χ1n) is 7.43. The number of fused-ring (bicyclic) bond motifs is 1. The van der Waals surface area contributed by atoms with Crippen LogP contribution in [0.5, 0.6) is 0 Å². The van der Waals surface area contributed by atoms with Gasteiger partial charge in [-0.25, -0.2) is 0 Å². The van der Waals surface area contributed by atoms with Gasteiger partial charge in [0.1, 0.15) is 0 Å². The maximum Gasteiger partial charge on any atom is 0.264 e. The highest BCUT2D eigenvalue weighted by atomic mass is 32.1. The molecule has 2 aromatic heterocycles. The molecule has 0 aliphatic carbocycles. The third kappa shape index (κ3) is 3.16. The summed E-state index contributed by atoms with van der Waals surface area (Å²) in [6.45, 7) is 3.00. The summed E-state index contributed by atoms with van der Waals surface area (Å²) < 4.78 is 2.34. The molecule has 1 aliphatic rings. The molecule has 0 bridgehead atoms. The highest BCUT2D eigenvalue weighted by molar-refractivity contribution is 7.27. The molecule has 2 N–H and O–H groups in total. The van der Waals surface area contributed by atoms with E-state index in [1.807, 2.05) is 21.2 Å². The van der Waals surface area contributed by atoms with E-state index in [2.05, 4.69) is 6.07 Å². The minimum Gasteiger partial charge on any atom is -0.339 e. The van der Waals surface area contributed by atoms with Crippen LogP contribution in [0, 0.1) is 0 Å². The van der Waals surface area contributed by atoms with Crippen molar-refractivity contribution in [2.24, 2.45) is 5.73 Å². The van der Waals surface area contributed by atoms with E-state index in [0.29, 0.717) is 39.1 Å². The summed E-state index contributed by atoms with van der Waals surface area (Å²) in [5, 5.41) is 2.04. The first-order chi connectivity index (χ1) is 10.7. The van der Waals surface area contributed by atoms with Gasteiger partial charge in [0, 0.05) is 42.0 Å². The van der Waals surface area contributed by atoms with E-state index in [0.717, 1.165) is 11.3 Å². The van der Waals surface area contributed by atoms with Crippen molar-refractivity contribution in [3.63, 3.8) is 0 Å². The van der Waals surface area contributed by atoms with Crippen LogP contribution in [0.2, 0.25) is 0 Å². The van der Waals surface area contributed by atoms with Gasteiger partial charge in [-0.1, -0.05) is 0 Å². The zero-order chi connectivity index (χ0) is 15.5. The summed E-state index contributed by atoms with van der Waals surface area (Å²) >= 11 is 3.21. The Morgan fingerprint density at radius 3 is 2.55 bits per heavy atom. The first kappa shape index (κ1) is 15.5. The Kier molecular flexibility index (Phi) is 4.75. The van der Waals surface area contributed by atoms with Crippen molar-refractivity contribution < 1.29 is 9.59 Å². The number of thiophene rings is 2. The predicted octanol–water partition coefficient (Wildman–Crippen LogP) is 1.99. The van der Waals surface area contributed by atoms with E-state index in [9.17, 15) is 9.59 Å². The van der Waals surface area contributed by atoms with Crippen LogP contribution in [-0.2, 0) is 4.79 Å². The molecule has 0 saturated carbocycles. The molecule has 1 fully saturated rings. The van der Waals surface area contributed by atoms with E-state index in [1.54, 1.807) is 22.7 Å². The fraction of sp³-hybridized carbons (Fsp3) is 0.467. The molecule has 2 aromatic rings. The Bertz CT molecular complexity index is 643. The fourth-order valence-corrected chi connectivity index (χ4v) is 4.67. The molecule has 5 nitrogen and oxygen atoms in total. The van der Waals surface area contributed by atoms with Gasteiger partial charge >= 0.3 is 0 Å². The van der Waals surface area contributed by atoms with Crippen molar-refractivity contribution in [3.8, 4) is 0 Å². The quantitative estimate of drug-likeness (QED) is 0.928. The van der Waals surface area contributed by atoms with Gasteiger partial charge in [-0.3, -0.25) is 9.59 Å². The number of amides is 2. The summed E-state index contributed by atoms with van der Waals surface area (Å²) in [6, 6.07) is 4.03. The van der Waals surface area contributed by atoms with E-state index < -0.39 is 0 Å². The monoisotopic (exact) mass is 337 g/mol. The van der Waals surface area contributed by atoms with Crippen LogP contribution in [0.15, 0.2) is 17.5 Å². The molecule has 118 valence electrons. The van der Waals surface area contributed by atoms with E-state index >= 15 is 0 Å². The van der Waals surface area contributed by atoms with Crippen LogP contribution in [0.3, 0.4) is 0 Å². The topological polar surface area (TPSA) is 66.6 Å². The lowest BCUT2D eigenvalue weighted by Crippen LogP contribution is -2.50. The van der Waals surface area contributed by atoms with Crippen LogP contribution in [0.1, 0.15) is 22.5 Å². The summed E-state index contributed by atoms with van der Waals surface area (Å²) in [4.78, 5) is 29.0. The largest absolute Gasteiger partial charge is 0.339 e. The lowest BCUT2D eigenvalue weighted by Gasteiger charge is -2.34. The van der Waals surface area contributed by atoms with Crippen LogP contribution in [0.4, 0.5) is 0 Å². The molecule has 1 saturated heterocycles. The third-order valence-corrected chi connectivity index (χ3v) is 5.95. The van der Waals surface area contributed by atoms with Crippen LogP contribution in [0.25, 0.3) is 9.40 Å². The highest BCUT2D eigenvalue weighted by Gasteiger charge is 2.25. The average Bonchev–Trinajstić information content (AvgIpc) is 3.13. The van der Waals surface area contributed by atoms with E-state index in [-0.39, 0.29) is 11.8 Å². The summed E-state index contributed by atoms with van der Waals surface area (Å²) in [5.41, 5.74) is 5.43. The van der Waals surface area contributed by atoms with Crippen LogP contribution in [-0.4, -0.2) is 54.3 Å². The van der Waals surface area contributed by atoms with Gasteiger partial charge in [-0.05, 0) is 30.5 Å². The lowest BCUT2D eigenvalue weighted by atomic mass is 10.2. The van der Waals surface area contributed by atoms with Crippen LogP contribution >= 0.6 is 22.7 Å². The summed E-state index contributed by atoms with van der Waals surface area (Å²) in [5.74, 6) is 0.233. The first-order valence-corrected chi connectivity index (χ1v) is 9.13. The smallest absolute Gasteiger partial charge is 0.264 e. The number of carbonyl (C=O) groups is 2. The van der Waals surface area contributed by atoms with Crippen molar-refractivity contribution in [2.45, 2.75) is 12.8 Å². The molecule has 0 atom stereocenters. The minimum atomic E-state index is 0.0856. The Morgan fingerprint density at radius 2 is 1.86 bits per heavy atom. The molecule has 3 rings (SSSR count). The highest BCUT2D eigenvalue weighted by Crippen LogP contribution is 2.30. The molecule has 2 amide bonds. The van der Waals surface area contributed by atoms with Gasteiger partial charge in [0.05, 0.1) is 4.88 Å². The number of carbonyl (C=O) groups excluding carboxylic acids is 2. The molecule has 22 heavy (non-hydrogen) atoms. The van der Waals surface area contributed by atoms with Gasteiger partial charge in [0.25, 0.3) is 5.91 Å². The van der Waals surface area contributed by atoms with Crippen molar-refractivity contribution in [1.29, 1.82) is 0 Å². The maximum absolute atomic E-state index is 12.5. The number of nitrogens with zero attached hydrogens (tertiary/aromatic N) is 2. The molecule has 0 unspecified atom stereocenters. The molecule has 7 heteroatoms. The molecule has 1 aliphatic heterocycles. The number of piperazine rings is 1. The Morgan fingerprint density at radius 1 is 1.14 bits per heavy atom. The van der Waals surface area contributed by atoms with Crippen molar-refractivity contribution in [1.82, 2.24) is 9.80 Å². The second-order valence-corrected chi connectivity index (χ2v) is 7.36. The Labute approximate surface area is 137 Å². The van der Waals surface area contributed by atoms with Gasteiger partial charge in [-0.2, -0.15) is 0 Å². The second-order valence-electron chi connectivity index (χ2n) is 5.32. The number of rotatable bonds is 4. The zero-order valence-corrected chi connectivity index (χ0v) is 13.9. The van der Waals surface area contributed by atoms with Gasteiger partial charge in [-0.15, -0.1) is 22.7 Å². The number of hydrogen-bond acceptors (Lipinski definition) is 5. The van der Waals surface area contributed by atoms with E-state index in [4.69, 9.17) is 5.73 Å². The number of hydrogen-bond donors (Lipinski definition) is 1. The Hall–Kier alpha value is -1.44. The van der Waals surface area contributed by atoms with Gasteiger partial charge < -0.3 is 15.5 Å². The summed E-state index contributed by atoms with van der Waals surface area (Å²) in [7, 11) is 0. The fourth-order valence-electron chi connectivity index (χ4n) is 2.60. The normalized spacial score (nSPS) is 15.5. The lowest BCUT2D eigenvalue weighted by molar-refractivity contribution is -0.132. The average molecular weight is 337 g/mol. The van der Waals surface area contributed by atoms with E-state index in [1.165, 1.54) is 9.40 Å². The van der Waals surface area contributed by atoms with Crippen molar-refractivity contribution in [3.05, 3.63) is 22.4 Å². The zero-order valence-electron chi connectivity index (χ0n) is 12.3. The number of nitrogens with two attached hydrogens (primary N) is 1. The van der Waals surface area contributed by atoms with Gasteiger partial charge in [0.2, 0.25) is 5.91 Å². The molecule has 0 aromatic carbocycles. The van der Waals surface area contributed by atoms with Gasteiger partial charge in [0.15, 0.2) is 0 Å². The minimum absolute atomic E-state index is 0.0856. The van der Waals surface area contributed by atoms with Crippen molar-refractivity contribution in [2.75, 3.05) is 32.7 Å².